The molecule has 2 aliphatic rings. The van der Waals surface area contributed by atoms with Crippen LogP contribution in [0.15, 0.2) is 36.5 Å². The summed E-state index contributed by atoms with van der Waals surface area (Å²) in [5.74, 6) is 0.0358. The first-order chi connectivity index (χ1) is 11.1. The molecule has 2 saturated heterocycles. The summed E-state index contributed by atoms with van der Waals surface area (Å²) in [5, 5.41) is 0.987. The number of benzene rings is 1. The number of para-hydroxylation sites is 1. The summed E-state index contributed by atoms with van der Waals surface area (Å²) in [4.78, 5) is 6.79. The highest BCUT2D eigenvalue weighted by molar-refractivity contribution is 7.88. The predicted molar refractivity (Wildman–Crippen MR) is 90.5 cm³/mol. The van der Waals surface area contributed by atoms with E-state index in [1.165, 1.54) is 6.42 Å². The highest BCUT2D eigenvalue weighted by Crippen LogP contribution is 2.25. The molecule has 6 heteroatoms. The summed E-state index contributed by atoms with van der Waals surface area (Å²) >= 11 is 0. The molecule has 0 N–H and O–H groups in total. The van der Waals surface area contributed by atoms with Crippen molar-refractivity contribution in [3.63, 3.8) is 0 Å². The molecule has 0 unspecified atom stereocenters. The minimum Gasteiger partial charge on any atom is -0.298 e. The minimum absolute atomic E-state index is 0.0358. The van der Waals surface area contributed by atoms with Crippen LogP contribution in [0.4, 0.5) is 0 Å². The molecule has 0 saturated carbocycles. The molecule has 1 atom stereocenters. The van der Waals surface area contributed by atoms with Gasteiger partial charge in [-0.05, 0) is 31.0 Å². The maximum atomic E-state index is 12.9. The van der Waals surface area contributed by atoms with Crippen LogP contribution in [0.5, 0.6) is 0 Å². The lowest BCUT2D eigenvalue weighted by Crippen LogP contribution is -2.52. The molecule has 5 nitrogen and oxygen atoms in total. The van der Waals surface area contributed by atoms with Gasteiger partial charge in [-0.1, -0.05) is 24.3 Å². The van der Waals surface area contributed by atoms with Crippen LogP contribution < -0.4 is 0 Å². The second-order valence-electron chi connectivity index (χ2n) is 6.44. The zero-order valence-corrected chi connectivity index (χ0v) is 13.9. The fourth-order valence-corrected chi connectivity index (χ4v) is 5.35. The van der Waals surface area contributed by atoms with Gasteiger partial charge < -0.3 is 0 Å². The molecule has 4 rings (SSSR count). The minimum atomic E-state index is -3.30. The molecule has 2 fully saturated rings. The quantitative estimate of drug-likeness (QED) is 0.861. The second kappa shape index (κ2) is 5.85. The van der Waals surface area contributed by atoms with Crippen molar-refractivity contribution in [3.8, 4) is 0 Å². The smallest absolute Gasteiger partial charge is 0.218 e. The molecule has 0 aliphatic carbocycles. The van der Waals surface area contributed by atoms with Crippen LogP contribution in [0.25, 0.3) is 10.9 Å². The number of hydrogen-bond acceptors (Lipinski definition) is 4. The summed E-state index contributed by atoms with van der Waals surface area (Å²) < 4.78 is 27.4. The average Bonchev–Trinajstić information content (AvgIpc) is 3.02. The van der Waals surface area contributed by atoms with Crippen molar-refractivity contribution < 1.29 is 8.42 Å². The zero-order chi connectivity index (χ0) is 15.9. The van der Waals surface area contributed by atoms with Crippen molar-refractivity contribution in [3.05, 3.63) is 42.1 Å². The Kier molecular flexibility index (Phi) is 3.83. The van der Waals surface area contributed by atoms with Crippen LogP contribution in [0, 0.1) is 0 Å². The van der Waals surface area contributed by atoms with Gasteiger partial charge >= 0.3 is 0 Å². The number of hydrogen-bond donors (Lipinski definition) is 0. The van der Waals surface area contributed by atoms with Gasteiger partial charge in [0.1, 0.15) is 0 Å². The molecule has 2 aromatic rings. The van der Waals surface area contributed by atoms with E-state index in [0.29, 0.717) is 19.1 Å². The van der Waals surface area contributed by atoms with Crippen molar-refractivity contribution in [2.45, 2.75) is 24.6 Å². The summed E-state index contributed by atoms with van der Waals surface area (Å²) in [7, 11) is -3.30. The molecule has 1 aromatic carbocycles. The maximum absolute atomic E-state index is 12.9. The van der Waals surface area contributed by atoms with E-state index in [-0.39, 0.29) is 5.75 Å². The number of sulfonamides is 1. The molecule has 0 radical (unpaired) electrons. The Morgan fingerprint density at radius 1 is 1.13 bits per heavy atom. The third kappa shape index (κ3) is 2.86. The summed E-state index contributed by atoms with van der Waals surface area (Å²) in [6, 6.07) is 10.00. The van der Waals surface area contributed by atoms with Crippen LogP contribution in [-0.2, 0) is 15.8 Å². The highest BCUT2D eigenvalue weighted by atomic mass is 32.2. The van der Waals surface area contributed by atoms with E-state index in [1.54, 1.807) is 10.5 Å². The average molecular weight is 331 g/mol. The first-order valence-corrected chi connectivity index (χ1v) is 9.79. The first-order valence-electron chi connectivity index (χ1n) is 8.18. The van der Waals surface area contributed by atoms with Crippen LogP contribution >= 0.6 is 0 Å². The van der Waals surface area contributed by atoms with E-state index >= 15 is 0 Å². The van der Waals surface area contributed by atoms with Gasteiger partial charge in [0.2, 0.25) is 10.0 Å². The Morgan fingerprint density at radius 2 is 2.00 bits per heavy atom. The highest BCUT2D eigenvalue weighted by Gasteiger charge is 2.35. The van der Waals surface area contributed by atoms with Crippen molar-refractivity contribution in [1.29, 1.82) is 0 Å². The standard InChI is InChI=1S/C17H21N3O2S/c21-23(22,20-11-10-19-9-3-7-16(19)12-20)13-15-5-1-4-14-6-2-8-18-17(14)15/h1-2,4-6,8,16H,3,7,9-13H2/t16-/m0/s1. The molecule has 3 heterocycles. The zero-order valence-electron chi connectivity index (χ0n) is 13.1. The van der Waals surface area contributed by atoms with Crippen LogP contribution in [0.1, 0.15) is 18.4 Å². The van der Waals surface area contributed by atoms with E-state index in [2.05, 4.69) is 9.88 Å². The Bertz CT molecular complexity index is 816. The number of aromatic nitrogens is 1. The summed E-state index contributed by atoms with van der Waals surface area (Å²) in [6.07, 6.45) is 4.02. The molecule has 2 aliphatic heterocycles. The third-order valence-corrected chi connectivity index (χ3v) is 6.79. The van der Waals surface area contributed by atoms with Gasteiger partial charge in [0.25, 0.3) is 0 Å². The van der Waals surface area contributed by atoms with Crippen molar-refractivity contribution in [2.75, 3.05) is 26.2 Å². The monoisotopic (exact) mass is 331 g/mol. The van der Waals surface area contributed by atoms with Gasteiger partial charge in [-0.2, -0.15) is 4.31 Å². The van der Waals surface area contributed by atoms with Crippen LogP contribution in [-0.4, -0.2) is 54.8 Å². The number of pyridine rings is 1. The number of nitrogens with zero attached hydrogens (tertiary/aromatic N) is 3. The fourth-order valence-electron chi connectivity index (χ4n) is 3.79. The topological polar surface area (TPSA) is 53.5 Å². The Morgan fingerprint density at radius 3 is 2.91 bits per heavy atom. The molecule has 1 aromatic heterocycles. The number of piperazine rings is 1. The second-order valence-corrected chi connectivity index (χ2v) is 8.41. The Hall–Kier alpha value is -1.50. The van der Waals surface area contributed by atoms with Gasteiger partial charge in [-0.25, -0.2) is 8.42 Å². The van der Waals surface area contributed by atoms with Crippen molar-refractivity contribution >= 4 is 20.9 Å². The fraction of sp³-hybridized carbons (Fsp3) is 0.471. The summed E-state index contributed by atoms with van der Waals surface area (Å²) in [5.41, 5.74) is 1.58. The number of fused-ring (bicyclic) bond motifs is 2. The van der Waals surface area contributed by atoms with Gasteiger partial charge in [0, 0.05) is 37.3 Å². The third-order valence-electron chi connectivity index (χ3n) is 5.00. The Labute approximate surface area is 137 Å². The lowest BCUT2D eigenvalue weighted by molar-refractivity contribution is 0.158. The molecule has 0 spiro atoms. The van der Waals surface area contributed by atoms with Gasteiger partial charge in [-0.15, -0.1) is 0 Å². The van der Waals surface area contributed by atoms with Crippen molar-refractivity contribution in [2.24, 2.45) is 0 Å². The lowest BCUT2D eigenvalue weighted by atomic mass is 10.1. The van der Waals surface area contributed by atoms with E-state index in [0.717, 1.165) is 36.0 Å². The van der Waals surface area contributed by atoms with E-state index in [4.69, 9.17) is 0 Å². The number of rotatable bonds is 3. The van der Waals surface area contributed by atoms with Gasteiger partial charge in [0.05, 0.1) is 11.3 Å². The van der Waals surface area contributed by atoms with Crippen LogP contribution in [0.3, 0.4) is 0 Å². The van der Waals surface area contributed by atoms with E-state index in [1.807, 2.05) is 30.3 Å². The predicted octanol–water partition coefficient (Wildman–Crippen LogP) is 1.84. The molecular weight excluding hydrogens is 310 g/mol. The maximum Gasteiger partial charge on any atom is 0.218 e. The SMILES string of the molecule is O=S(=O)(Cc1cccc2cccnc12)N1CCN2CCC[C@H]2C1. The normalized spacial score (nSPS) is 23.2. The lowest BCUT2D eigenvalue weighted by Gasteiger charge is -2.36. The van der Waals surface area contributed by atoms with E-state index < -0.39 is 10.0 Å². The van der Waals surface area contributed by atoms with Gasteiger partial charge in [-0.3, -0.25) is 9.88 Å². The first kappa shape index (κ1) is 15.1. The van der Waals surface area contributed by atoms with E-state index in [9.17, 15) is 8.42 Å². The molecule has 23 heavy (non-hydrogen) atoms. The molecule has 122 valence electrons. The van der Waals surface area contributed by atoms with Crippen LogP contribution in [0.2, 0.25) is 0 Å². The summed E-state index contributed by atoms with van der Waals surface area (Å²) in [6.45, 7) is 3.22. The molecular formula is C17H21N3O2S. The van der Waals surface area contributed by atoms with Crippen molar-refractivity contribution in [1.82, 2.24) is 14.2 Å². The molecule has 0 bridgehead atoms. The Balaban J connectivity index is 1.59. The largest absolute Gasteiger partial charge is 0.298 e. The molecule has 0 amide bonds. The van der Waals surface area contributed by atoms with Gasteiger partial charge in [0.15, 0.2) is 0 Å².